The van der Waals surface area contributed by atoms with Crippen LogP contribution in [-0.2, 0) is 16.8 Å². The lowest BCUT2D eigenvalue weighted by Crippen LogP contribution is -2.42. The fourth-order valence-electron chi connectivity index (χ4n) is 5.06. The quantitative estimate of drug-likeness (QED) is 0.246. The van der Waals surface area contributed by atoms with Crippen LogP contribution in [0.3, 0.4) is 0 Å². The maximum atomic E-state index is 12.5. The SMILES string of the molecule is CN(C)S(=O)(=O)NC(=O)c1ccc2nc(N3CCC(NCc4c(-c5c(Cl)cccc5Cl)noc4C4CC4)CC3)sc2c1. The van der Waals surface area contributed by atoms with E-state index >= 15 is 0 Å². The van der Waals surface area contributed by atoms with E-state index in [1.165, 1.54) is 25.4 Å². The van der Waals surface area contributed by atoms with Crippen molar-refractivity contribution in [3.8, 4) is 11.3 Å². The van der Waals surface area contributed by atoms with Gasteiger partial charge in [0.2, 0.25) is 0 Å². The third-order valence-electron chi connectivity index (χ3n) is 7.64. The molecule has 2 fully saturated rings. The van der Waals surface area contributed by atoms with Gasteiger partial charge in [-0.2, -0.15) is 12.7 Å². The van der Waals surface area contributed by atoms with Crippen molar-refractivity contribution in [2.45, 2.75) is 44.2 Å². The van der Waals surface area contributed by atoms with E-state index in [1.54, 1.807) is 18.2 Å². The smallest absolute Gasteiger partial charge is 0.303 e. The van der Waals surface area contributed by atoms with Gasteiger partial charge in [0.25, 0.3) is 5.91 Å². The summed E-state index contributed by atoms with van der Waals surface area (Å²) in [5.74, 6) is 0.645. The molecule has 42 heavy (non-hydrogen) atoms. The molecule has 0 unspecified atom stereocenters. The Labute approximate surface area is 258 Å². The molecular formula is C28H30Cl2N6O4S2. The lowest BCUT2D eigenvalue weighted by atomic mass is 10.0. The Hall–Kier alpha value is -2.74. The Morgan fingerprint density at radius 1 is 1.12 bits per heavy atom. The number of carbonyl (C=O) groups is 1. The van der Waals surface area contributed by atoms with Crippen LogP contribution in [-0.4, -0.2) is 62.0 Å². The highest BCUT2D eigenvalue weighted by atomic mass is 35.5. The molecule has 4 aromatic rings. The van der Waals surface area contributed by atoms with E-state index in [0.29, 0.717) is 39.8 Å². The first-order valence-electron chi connectivity index (χ1n) is 13.7. The van der Waals surface area contributed by atoms with Crippen LogP contribution in [0.5, 0.6) is 0 Å². The molecule has 0 spiro atoms. The molecule has 0 bridgehead atoms. The number of nitrogens with zero attached hydrogens (tertiary/aromatic N) is 4. The third-order valence-corrected chi connectivity index (χ3v) is 10.8. The molecular weight excluding hydrogens is 619 g/mol. The number of nitrogens with one attached hydrogen (secondary N) is 2. The minimum atomic E-state index is -3.87. The molecule has 1 amide bonds. The molecule has 1 saturated carbocycles. The van der Waals surface area contributed by atoms with Gasteiger partial charge in [-0.3, -0.25) is 4.79 Å². The summed E-state index contributed by atoms with van der Waals surface area (Å²) in [5, 5.41) is 10.1. The third kappa shape index (κ3) is 6.01. The highest BCUT2D eigenvalue weighted by Gasteiger charge is 2.34. The molecule has 0 atom stereocenters. The van der Waals surface area contributed by atoms with E-state index in [1.807, 2.05) is 18.2 Å². The lowest BCUT2D eigenvalue weighted by molar-refractivity contribution is 0.0980. The fraction of sp³-hybridized carbons (Fsp3) is 0.393. The number of aromatic nitrogens is 2. The largest absolute Gasteiger partial charge is 0.360 e. The average Bonchev–Trinajstić information content (AvgIpc) is 3.57. The van der Waals surface area contributed by atoms with Crippen LogP contribution >= 0.6 is 34.5 Å². The number of fused-ring (bicyclic) bond motifs is 1. The number of piperidine rings is 1. The summed E-state index contributed by atoms with van der Waals surface area (Å²) in [4.78, 5) is 19.5. The number of halogens is 2. The van der Waals surface area contributed by atoms with Crippen LogP contribution in [0.15, 0.2) is 40.9 Å². The second kappa shape index (κ2) is 11.7. The molecule has 2 N–H and O–H groups in total. The molecule has 2 aromatic heterocycles. The van der Waals surface area contributed by atoms with E-state index in [-0.39, 0.29) is 5.56 Å². The van der Waals surface area contributed by atoms with Crippen molar-refractivity contribution in [2.75, 3.05) is 32.1 Å². The maximum Gasteiger partial charge on any atom is 0.303 e. The minimum absolute atomic E-state index is 0.266. The van der Waals surface area contributed by atoms with Gasteiger partial charge in [-0.25, -0.2) is 9.71 Å². The standard InChI is InChI=1S/C28H30Cl2N6O4S2/c1-35(2)42(38,39)34-27(37)17-8-9-22-23(14-17)41-28(32-22)36-12-10-18(11-13-36)31-15-19-25(33-40-26(19)16-6-7-16)24-20(29)4-3-5-21(24)30/h3-5,8-9,14,16,18,31H,6-7,10-13,15H2,1-2H3,(H,34,37). The maximum absolute atomic E-state index is 12.5. The first-order chi connectivity index (χ1) is 20.1. The topological polar surface area (TPSA) is 121 Å². The predicted octanol–water partition coefficient (Wildman–Crippen LogP) is 5.43. The minimum Gasteiger partial charge on any atom is -0.360 e. The van der Waals surface area contributed by atoms with Crippen molar-refractivity contribution >= 4 is 66.0 Å². The number of thiazole rings is 1. The molecule has 1 aliphatic carbocycles. The summed E-state index contributed by atoms with van der Waals surface area (Å²) >= 11 is 14.5. The fourth-order valence-corrected chi connectivity index (χ4v) is 7.22. The lowest BCUT2D eigenvalue weighted by Gasteiger charge is -2.32. The molecule has 6 rings (SSSR count). The monoisotopic (exact) mass is 648 g/mol. The van der Waals surface area contributed by atoms with Crippen LogP contribution in [0.25, 0.3) is 21.5 Å². The summed E-state index contributed by atoms with van der Waals surface area (Å²) in [6.45, 7) is 2.27. The second-order valence-electron chi connectivity index (χ2n) is 10.8. The molecule has 1 aliphatic heterocycles. The number of benzene rings is 2. The number of rotatable bonds is 9. The van der Waals surface area contributed by atoms with Crippen LogP contribution in [0.2, 0.25) is 10.0 Å². The van der Waals surface area contributed by atoms with Gasteiger partial charge >= 0.3 is 10.2 Å². The molecule has 2 aliphatic rings. The van der Waals surface area contributed by atoms with E-state index in [2.05, 4.69) is 20.1 Å². The summed E-state index contributed by atoms with van der Waals surface area (Å²) in [6, 6.07) is 10.8. The number of anilines is 1. The van der Waals surface area contributed by atoms with Crippen LogP contribution in [0.1, 0.15) is 53.3 Å². The number of hydrogen-bond acceptors (Lipinski definition) is 9. The summed E-state index contributed by atoms with van der Waals surface area (Å²) < 4.78 is 33.7. The van der Waals surface area contributed by atoms with Gasteiger partial charge in [0.15, 0.2) is 5.13 Å². The van der Waals surface area contributed by atoms with Crippen molar-refractivity contribution in [3.63, 3.8) is 0 Å². The van der Waals surface area contributed by atoms with Crippen LogP contribution in [0.4, 0.5) is 5.13 Å². The van der Waals surface area contributed by atoms with E-state index in [4.69, 9.17) is 32.7 Å². The average molecular weight is 650 g/mol. The van der Waals surface area contributed by atoms with Gasteiger partial charge in [0, 0.05) is 62.4 Å². The molecule has 222 valence electrons. The highest BCUT2D eigenvalue weighted by Crippen LogP contribution is 2.46. The van der Waals surface area contributed by atoms with E-state index in [9.17, 15) is 13.2 Å². The number of carbonyl (C=O) groups excluding carboxylic acids is 1. The first-order valence-corrected chi connectivity index (χ1v) is 16.7. The van der Waals surface area contributed by atoms with E-state index < -0.39 is 16.1 Å². The molecule has 0 radical (unpaired) electrons. The predicted molar refractivity (Wildman–Crippen MR) is 166 cm³/mol. The number of amides is 1. The second-order valence-corrected chi connectivity index (χ2v) is 14.5. The van der Waals surface area contributed by atoms with Crippen molar-refractivity contribution in [3.05, 3.63) is 63.3 Å². The Kier molecular flexibility index (Phi) is 8.20. The van der Waals surface area contributed by atoms with Crippen molar-refractivity contribution < 1.29 is 17.7 Å². The Morgan fingerprint density at radius 2 is 1.83 bits per heavy atom. The first kappa shape index (κ1) is 29.3. The van der Waals surface area contributed by atoms with Gasteiger partial charge in [0.1, 0.15) is 11.5 Å². The molecule has 3 heterocycles. The molecule has 10 nitrogen and oxygen atoms in total. The van der Waals surface area contributed by atoms with Crippen molar-refractivity contribution in [2.24, 2.45) is 0 Å². The van der Waals surface area contributed by atoms with Gasteiger partial charge in [0.05, 0.1) is 20.3 Å². The number of hydrogen-bond donors (Lipinski definition) is 2. The zero-order chi connectivity index (χ0) is 29.6. The Bertz CT molecular complexity index is 1720. The van der Waals surface area contributed by atoms with Gasteiger partial charge in [-0.05, 0) is 56.0 Å². The summed E-state index contributed by atoms with van der Waals surface area (Å²) in [5.41, 5.74) is 3.48. The molecule has 1 saturated heterocycles. The Morgan fingerprint density at radius 3 is 2.50 bits per heavy atom. The van der Waals surface area contributed by atoms with Crippen molar-refractivity contribution in [1.82, 2.24) is 24.5 Å². The van der Waals surface area contributed by atoms with Crippen LogP contribution < -0.4 is 14.9 Å². The highest BCUT2D eigenvalue weighted by molar-refractivity contribution is 7.87. The summed E-state index contributed by atoms with van der Waals surface area (Å²) in [6.07, 6.45) is 4.05. The van der Waals surface area contributed by atoms with Gasteiger partial charge in [-0.15, -0.1) is 0 Å². The molecule has 14 heteroatoms. The zero-order valence-electron chi connectivity index (χ0n) is 23.1. The van der Waals surface area contributed by atoms with Crippen LogP contribution in [0, 0.1) is 0 Å². The van der Waals surface area contributed by atoms with E-state index in [0.717, 1.165) is 69.7 Å². The zero-order valence-corrected chi connectivity index (χ0v) is 26.2. The van der Waals surface area contributed by atoms with Gasteiger partial charge in [-0.1, -0.05) is 45.8 Å². The Balaban J connectivity index is 1.11. The van der Waals surface area contributed by atoms with Crippen molar-refractivity contribution in [1.29, 1.82) is 0 Å². The van der Waals surface area contributed by atoms with Gasteiger partial charge < -0.3 is 14.7 Å². The molecule has 2 aromatic carbocycles. The summed E-state index contributed by atoms with van der Waals surface area (Å²) in [7, 11) is -1.15. The normalized spacial score (nSPS) is 16.5.